The van der Waals surface area contributed by atoms with Crippen LogP contribution in [0.2, 0.25) is 5.02 Å². The average Bonchev–Trinajstić information content (AvgIpc) is 1.94. The Morgan fingerprint density at radius 2 is 0.605 bits per heavy atom. The van der Waals surface area contributed by atoms with E-state index in [9.17, 15) is 10.1 Å². The van der Waals surface area contributed by atoms with Crippen LogP contribution >= 0.6 is 75.3 Å². The summed E-state index contributed by atoms with van der Waals surface area (Å²) in [5.41, 5.74) is 26.6. The van der Waals surface area contributed by atoms with Gasteiger partial charge in [0.1, 0.15) is 23.3 Å². The number of imidazole rings is 4. The number of para-hydroxylation sites is 2. The minimum Gasteiger partial charge on any atom is -0.360 e. The fourth-order valence-corrected chi connectivity index (χ4v) is 15.8. The van der Waals surface area contributed by atoms with E-state index >= 15 is 0 Å². The number of H-pyrrole nitrogens is 8. The monoisotopic (exact) mass is 1760 g/mol. The molecule has 0 bridgehead atoms. The smallest absolute Gasteiger partial charge is 0.269 e. The van der Waals surface area contributed by atoms with Crippen molar-refractivity contribution in [2.75, 3.05) is 0 Å². The molecule has 8 aromatic heterocycles. The number of nitrogens with zero attached hydrogens (tertiary/aromatic N) is 5. The van der Waals surface area contributed by atoms with Crippen molar-refractivity contribution in [1.82, 2.24) is 59.8 Å². The summed E-state index contributed by atoms with van der Waals surface area (Å²) in [5.74, 6) is 3.32. The van der Waals surface area contributed by atoms with Gasteiger partial charge in [0.05, 0.1) is 50.5 Å². The first-order valence-corrected chi connectivity index (χ1v) is 40.1. The third-order valence-corrected chi connectivity index (χ3v) is 22.1. The first-order valence-electron chi connectivity index (χ1n) is 36.5. The molecule has 114 heavy (non-hydrogen) atoms. The summed E-state index contributed by atoms with van der Waals surface area (Å²) in [6, 6.07) is 101. The van der Waals surface area contributed by atoms with Crippen LogP contribution in [-0.4, -0.2) is 64.7 Å². The molecule has 15 nitrogen and oxygen atoms in total. The average molecular weight is 1760 g/mol. The highest BCUT2D eigenvalue weighted by Gasteiger charge is 2.24. The molecule has 20 rings (SSSR count). The zero-order chi connectivity index (χ0) is 77.9. The summed E-state index contributed by atoms with van der Waals surface area (Å²) < 4.78 is 4.20. The molecule has 12 aromatic carbocycles. The zero-order valence-electron chi connectivity index (χ0n) is 61.0. The number of aromatic amines is 8. The summed E-state index contributed by atoms with van der Waals surface area (Å²) >= 11 is 20.3. The van der Waals surface area contributed by atoms with Crippen LogP contribution in [0.15, 0.2) is 334 Å². The van der Waals surface area contributed by atoms with Gasteiger partial charge in [0, 0.05) is 169 Å². The van der Waals surface area contributed by atoms with E-state index in [1.165, 1.54) is 17.5 Å². The molecule has 0 unspecified atom stereocenters. The third kappa shape index (κ3) is 15.4. The number of nitro benzene ring substituents is 1. The number of hydrogen-bond acceptors (Lipinski definition) is 6. The predicted octanol–water partition coefficient (Wildman–Crippen LogP) is 27.8. The second kappa shape index (κ2) is 32.5. The summed E-state index contributed by atoms with van der Waals surface area (Å²) in [6.07, 6.45) is 4.01. The fourth-order valence-electron chi connectivity index (χ4n) is 14.4. The highest BCUT2D eigenvalue weighted by molar-refractivity contribution is 9.11. The van der Waals surface area contributed by atoms with Crippen molar-refractivity contribution >= 4 is 125 Å². The zero-order valence-corrected chi connectivity index (χ0v) is 68.1. The van der Waals surface area contributed by atoms with E-state index < -0.39 is 4.92 Å². The van der Waals surface area contributed by atoms with Crippen molar-refractivity contribution in [1.29, 1.82) is 0 Å². The Bertz CT molecular complexity index is 6620. The van der Waals surface area contributed by atoms with Gasteiger partial charge in [-0.25, -0.2) is 19.9 Å². The van der Waals surface area contributed by atoms with Crippen LogP contribution in [0.3, 0.4) is 0 Å². The largest absolute Gasteiger partial charge is 0.360 e. The molecule has 0 aliphatic carbocycles. The van der Waals surface area contributed by atoms with Gasteiger partial charge in [-0.2, -0.15) is 0 Å². The Labute approximate surface area is 693 Å². The van der Waals surface area contributed by atoms with Crippen LogP contribution in [0.4, 0.5) is 5.69 Å². The van der Waals surface area contributed by atoms with E-state index in [1.54, 1.807) is 12.1 Å². The van der Waals surface area contributed by atoms with Crippen molar-refractivity contribution in [3.63, 3.8) is 0 Å². The number of nitrogens with one attached hydrogen (secondary N) is 8. The number of halogens is 5. The lowest BCUT2D eigenvalue weighted by Crippen LogP contribution is -1.88. The number of rotatable bonds is 13. The molecule has 554 valence electrons. The van der Waals surface area contributed by atoms with E-state index in [1.807, 2.05) is 177 Å². The van der Waals surface area contributed by atoms with Crippen molar-refractivity contribution in [3.05, 3.63) is 360 Å². The molecule has 0 aliphatic heterocycles. The third-order valence-electron chi connectivity index (χ3n) is 19.8. The summed E-state index contributed by atoms with van der Waals surface area (Å²) in [6.45, 7) is 4.13. The maximum atomic E-state index is 11.0. The first kappa shape index (κ1) is 74.0. The van der Waals surface area contributed by atoms with E-state index in [0.29, 0.717) is 5.02 Å². The van der Waals surface area contributed by atoms with Gasteiger partial charge in [0.15, 0.2) is 0 Å². The summed E-state index contributed by atoms with van der Waals surface area (Å²) in [5, 5.41) is 16.3. The van der Waals surface area contributed by atoms with Crippen LogP contribution in [0.25, 0.3) is 179 Å². The Morgan fingerprint density at radius 3 is 0.956 bits per heavy atom. The molecular weight excluding hydrogens is 1700 g/mol. The van der Waals surface area contributed by atoms with Crippen molar-refractivity contribution in [2.24, 2.45) is 0 Å². The van der Waals surface area contributed by atoms with Crippen LogP contribution in [-0.2, 0) is 0 Å². The van der Waals surface area contributed by atoms with Gasteiger partial charge in [0.25, 0.3) is 5.69 Å². The number of aryl methyl sites for hydroxylation is 2. The Kier molecular flexibility index (Phi) is 21.1. The number of hydrogen-bond donors (Lipinski definition) is 8. The number of aromatic nitrogens is 12. The number of nitro groups is 1. The molecule has 0 aliphatic rings. The normalized spacial score (nSPS) is 11.2. The van der Waals surface area contributed by atoms with Gasteiger partial charge in [-0.15, -0.1) is 0 Å². The molecular formula is C94H66Br4ClN13O2. The lowest BCUT2D eigenvalue weighted by molar-refractivity contribution is -0.384. The SMILES string of the molecule is Brc1ccc(-c2[nH]c(-c3c[nH]c4ccc(Br)cc34)nc2-c2ccccc2)cc1.Cc1[nH]c2ccccc2c1-c1nc(-c2ccccc2)c(-c2ccc(Br)cc2)[nH]1.Cc1[nH]c2ccccc2c1-c1nc(-c2ccccc2)c(-c2ccc([N+](=O)[O-])cc2)[nH]1.Clc1ccc(-c2[nH]c(-c3c[nH]c4ccc(Br)cc34)nc2-c2ccccc2)cc1. The molecule has 20 heteroatoms. The number of benzene rings is 12. The molecule has 0 saturated heterocycles. The van der Waals surface area contributed by atoms with Crippen molar-refractivity contribution in [2.45, 2.75) is 13.8 Å². The second-order valence-corrected chi connectivity index (χ2v) is 31.2. The van der Waals surface area contributed by atoms with E-state index in [-0.39, 0.29) is 5.69 Å². The Balaban J connectivity index is 0.000000110. The lowest BCUT2D eigenvalue weighted by Gasteiger charge is -2.03. The van der Waals surface area contributed by atoms with Gasteiger partial charge < -0.3 is 39.9 Å². The van der Waals surface area contributed by atoms with E-state index in [2.05, 4.69) is 232 Å². The van der Waals surface area contributed by atoms with E-state index in [0.717, 1.165) is 203 Å². The fraction of sp³-hybridized carbons (Fsp3) is 0.0213. The topological polar surface area (TPSA) is 221 Å². The molecule has 0 amide bonds. The quantitative estimate of drug-likeness (QED) is 0.0414. The molecule has 8 heterocycles. The summed E-state index contributed by atoms with van der Waals surface area (Å²) in [4.78, 5) is 58.4. The maximum absolute atomic E-state index is 11.0. The molecule has 0 radical (unpaired) electrons. The van der Waals surface area contributed by atoms with Crippen LogP contribution in [0.1, 0.15) is 11.4 Å². The standard InChI is InChI=1S/C24H18BrN3.C24H18N4O2.C23H15Br2N3.C23H15BrClN3/c1-15-21(19-9-5-6-10-20(19)26-15)24-27-22(16-7-3-2-4-8-16)23(28-24)17-11-13-18(25)14-12-17;1-15-21(19-9-5-6-10-20(19)25-15)24-26-22(16-7-3-2-4-8-16)23(27-24)17-11-13-18(14-12-17)28(29)30;24-16-8-6-15(7-9-16)22-21(14-4-2-1-3-5-14)27-23(28-22)19-13-26-20-11-10-17(25)12-18(19)20;24-16-8-11-20-18(12-16)19(13-26-20)23-27-21(14-4-2-1-3-5-14)22(28-23)15-6-9-17(25)10-7-15/h2-14,26H,1H3,(H,27,28);2-14,25H,1H3,(H,26,27);2*1-13,26H,(H,27,28). The molecule has 0 atom stereocenters. The number of fused-ring (bicyclic) bond motifs is 4. The van der Waals surface area contributed by atoms with Gasteiger partial charge in [-0.1, -0.05) is 269 Å². The van der Waals surface area contributed by atoms with Gasteiger partial charge in [0.2, 0.25) is 0 Å². The van der Waals surface area contributed by atoms with Crippen molar-refractivity contribution < 1.29 is 4.92 Å². The first-order chi connectivity index (χ1) is 55.7. The predicted molar refractivity (Wildman–Crippen MR) is 479 cm³/mol. The van der Waals surface area contributed by atoms with Crippen LogP contribution in [0.5, 0.6) is 0 Å². The summed E-state index contributed by atoms with van der Waals surface area (Å²) in [7, 11) is 0. The van der Waals surface area contributed by atoms with Gasteiger partial charge >= 0.3 is 0 Å². The van der Waals surface area contributed by atoms with Gasteiger partial charge in [-0.3, -0.25) is 10.1 Å². The molecule has 8 N–H and O–H groups in total. The lowest BCUT2D eigenvalue weighted by atomic mass is 10.0. The minimum absolute atomic E-state index is 0.0622. The minimum atomic E-state index is -0.393. The highest BCUT2D eigenvalue weighted by atomic mass is 79.9. The highest BCUT2D eigenvalue weighted by Crippen LogP contribution is 2.43. The van der Waals surface area contributed by atoms with E-state index in [4.69, 9.17) is 31.5 Å². The van der Waals surface area contributed by atoms with Crippen LogP contribution in [0, 0.1) is 24.0 Å². The Morgan fingerprint density at radius 1 is 0.307 bits per heavy atom. The Hall–Kier alpha value is -12.8. The molecule has 0 fully saturated rings. The van der Waals surface area contributed by atoms with Crippen molar-refractivity contribution in [3.8, 4) is 136 Å². The number of non-ortho nitro benzene ring substituents is 1. The van der Waals surface area contributed by atoms with Crippen LogP contribution < -0.4 is 0 Å². The molecule has 20 aromatic rings. The maximum Gasteiger partial charge on any atom is 0.269 e. The van der Waals surface area contributed by atoms with Gasteiger partial charge in [-0.05, 0) is 111 Å². The molecule has 0 spiro atoms. The molecule has 0 saturated carbocycles. The second-order valence-electron chi connectivity index (χ2n) is 27.2.